The summed E-state index contributed by atoms with van der Waals surface area (Å²) in [5.74, 6) is 0.613. The van der Waals surface area contributed by atoms with Crippen LogP contribution in [0, 0.1) is 0 Å². The van der Waals surface area contributed by atoms with E-state index in [0.29, 0.717) is 11.3 Å². The van der Waals surface area contributed by atoms with E-state index >= 15 is 0 Å². The van der Waals surface area contributed by atoms with Crippen molar-refractivity contribution in [2.24, 2.45) is 0 Å². The van der Waals surface area contributed by atoms with E-state index < -0.39 is 0 Å². The summed E-state index contributed by atoms with van der Waals surface area (Å²) in [5.41, 5.74) is 0.604. The molecule has 0 atom stereocenters. The molecule has 1 aliphatic carbocycles. The minimum absolute atomic E-state index is 0.0659. The molecular weight excluding hydrogens is 330 g/mol. The molecule has 0 unspecified atom stereocenters. The van der Waals surface area contributed by atoms with Gasteiger partial charge < -0.3 is 10.1 Å². The van der Waals surface area contributed by atoms with E-state index in [1.54, 1.807) is 13.2 Å². The Kier molecular flexibility index (Phi) is 5.11. The quantitative estimate of drug-likeness (QED) is 0.847. The minimum atomic E-state index is -0.0659. The predicted octanol–water partition coefficient (Wildman–Crippen LogP) is 3.74. The smallest absolute Gasteiger partial charge is 0.252 e. The molecule has 5 heteroatoms. The van der Waals surface area contributed by atoms with Crippen LogP contribution in [-0.2, 0) is 0 Å². The fourth-order valence-electron chi connectivity index (χ4n) is 2.27. The molecule has 1 aromatic carbocycles. The Morgan fingerprint density at radius 2 is 2.05 bits per heavy atom. The van der Waals surface area contributed by atoms with E-state index in [2.05, 4.69) is 21.2 Å². The summed E-state index contributed by atoms with van der Waals surface area (Å²) in [7, 11) is 1.59. The number of carbonyl (C=O) groups is 1. The molecule has 1 aromatic rings. The SMILES string of the molecule is COc1ccc(Br)c(C(=O)NC2CCC(Cl)CC2)c1. The van der Waals surface area contributed by atoms with Crippen molar-refractivity contribution in [2.75, 3.05) is 7.11 Å². The zero-order valence-corrected chi connectivity index (χ0v) is 13.1. The summed E-state index contributed by atoms with van der Waals surface area (Å²) in [6.45, 7) is 0. The van der Waals surface area contributed by atoms with Gasteiger partial charge >= 0.3 is 0 Å². The van der Waals surface area contributed by atoms with E-state index in [-0.39, 0.29) is 17.3 Å². The summed E-state index contributed by atoms with van der Waals surface area (Å²) >= 11 is 9.46. The van der Waals surface area contributed by atoms with E-state index in [1.165, 1.54) is 0 Å². The summed E-state index contributed by atoms with van der Waals surface area (Å²) < 4.78 is 5.92. The highest BCUT2D eigenvalue weighted by molar-refractivity contribution is 9.10. The van der Waals surface area contributed by atoms with Gasteiger partial charge in [0.15, 0.2) is 0 Å². The van der Waals surface area contributed by atoms with Gasteiger partial charge in [0.1, 0.15) is 5.75 Å². The van der Waals surface area contributed by atoms with Crippen LogP contribution in [0.25, 0.3) is 0 Å². The number of alkyl halides is 1. The molecule has 0 bridgehead atoms. The third kappa shape index (κ3) is 3.86. The molecule has 0 radical (unpaired) electrons. The predicted molar refractivity (Wildman–Crippen MR) is 80.1 cm³/mol. The molecule has 1 fully saturated rings. The Morgan fingerprint density at radius 3 is 2.68 bits per heavy atom. The molecule has 1 amide bonds. The lowest BCUT2D eigenvalue weighted by molar-refractivity contribution is 0.0927. The zero-order valence-electron chi connectivity index (χ0n) is 10.8. The first kappa shape index (κ1) is 14.7. The van der Waals surface area contributed by atoms with E-state index in [9.17, 15) is 4.79 Å². The van der Waals surface area contributed by atoms with Gasteiger partial charge in [-0.1, -0.05) is 0 Å². The van der Waals surface area contributed by atoms with Crippen LogP contribution in [0.4, 0.5) is 0 Å². The zero-order chi connectivity index (χ0) is 13.8. The maximum Gasteiger partial charge on any atom is 0.252 e. The molecular formula is C14H17BrClNO2. The first-order chi connectivity index (χ1) is 9.10. The lowest BCUT2D eigenvalue weighted by Gasteiger charge is -2.26. The maximum atomic E-state index is 12.3. The number of halogens is 2. The van der Waals surface area contributed by atoms with E-state index in [4.69, 9.17) is 16.3 Å². The Balaban J connectivity index is 2.03. The molecule has 19 heavy (non-hydrogen) atoms. The molecule has 0 aliphatic heterocycles. The number of hydrogen-bond acceptors (Lipinski definition) is 2. The molecule has 2 rings (SSSR count). The summed E-state index contributed by atoms with van der Waals surface area (Å²) in [6, 6.07) is 5.61. The van der Waals surface area contributed by atoms with Gasteiger partial charge in [-0.15, -0.1) is 11.6 Å². The highest BCUT2D eigenvalue weighted by Crippen LogP contribution is 2.25. The van der Waals surface area contributed by atoms with Crippen molar-refractivity contribution in [1.29, 1.82) is 0 Å². The molecule has 1 N–H and O–H groups in total. The van der Waals surface area contributed by atoms with Gasteiger partial charge in [-0.05, 0) is 59.8 Å². The summed E-state index contributed by atoms with van der Waals surface area (Å²) in [4.78, 5) is 12.3. The number of carbonyl (C=O) groups excluding carboxylic acids is 1. The number of ether oxygens (including phenoxy) is 1. The highest BCUT2D eigenvalue weighted by Gasteiger charge is 2.22. The minimum Gasteiger partial charge on any atom is -0.497 e. The Morgan fingerprint density at radius 1 is 1.37 bits per heavy atom. The number of methoxy groups -OCH3 is 1. The molecule has 0 saturated heterocycles. The van der Waals surface area contributed by atoms with Crippen LogP contribution >= 0.6 is 27.5 Å². The first-order valence-electron chi connectivity index (χ1n) is 6.38. The summed E-state index contributed by atoms with van der Waals surface area (Å²) in [5, 5.41) is 3.33. The van der Waals surface area contributed by atoms with Gasteiger partial charge in [-0.2, -0.15) is 0 Å². The lowest BCUT2D eigenvalue weighted by atomic mass is 9.95. The van der Waals surface area contributed by atoms with E-state index in [0.717, 1.165) is 30.2 Å². The van der Waals surface area contributed by atoms with Crippen molar-refractivity contribution in [1.82, 2.24) is 5.32 Å². The lowest BCUT2D eigenvalue weighted by Crippen LogP contribution is -2.38. The number of hydrogen-bond donors (Lipinski definition) is 1. The van der Waals surface area contributed by atoms with Crippen molar-refractivity contribution in [3.05, 3.63) is 28.2 Å². The molecule has 0 aromatic heterocycles. The molecule has 1 saturated carbocycles. The third-order valence-electron chi connectivity index (χ3n) is 3.41. The summed E-state index contributed by atoms with van der Waals surface area (Å²) in [6.07, 6.45) is 3.82. The fourth-order valence-corrected chi connectivity index (χ4v) is 2.94. The average molecular weight is 347 g/mol. The van der Waals surface area contributed by atoms with Gasteiger partial charge in [0, 0.05) is 15.9 Å². The van der Waals surface area contributed by atoms with Crippen molar-refractivity contribution in [3.8, 4) is 5.75 Å². The standard InChI is InChI=1S/C14H17BrClNO2/c1-19-11-6-7-13(15)12(8-11)14(18)17-10-4-2-9(16)3-5-10/h6-10H,2-5H2,1H3,(H,17,18). The van der Waals surface area contributed by atoms with Gasteiger partial charge in [-0.25, -0.2) is 0 Å². The van der Waals surface area contributed by atoms with Gasteiger partial charge in [-0.3, -0.25) is 4.79 Å². The Bertz CT molecular complexity index is 459. The van der Waals surface area contributed by atoms with Crippen LogP contribution in [0.1, 0.15) is 36.0 Å². The number of benzene rings is 1. The van der Waals surface area contributed by atoms with Crippen LogP contribution in [0.5, 0.6) is 5.75 Å². The second-order valence-electron chi connectivity index (χ2n) is 4.77. The first-order valence-corrected chi connectivity index (χ1v) is 7.61. The van der Waals surface area contributed by atoms with Crippen LogP contribution in [0.3, 0.4) is 0 Å². The van der Waals surface area contributed by atoms with Crippen molar-refractivity contribution in [2.45, 2.75) is 37.1 Å². The average Bonchev–Trinajstić information content (AvgIpc) is 2.42. The van der Waals surface area contributed by atoms with Crippen molar-refractivity contribution < 1.29 is 9.53 Å². The second-order valence-corrected chi connectivity index (χ2v) is 6.24. The fraction of sp³-hybridized carbons (Fsp3) is 0.500. The second kappa shape index (κ2) is 6.62. The van der Waals surface area contributed by atoms with Crippen LogP contribution in [0.2, 0.25) is 0 Å². The van der Waals surface area contributed by atoms with Crippen molar-refractivity contribution in [3.63, 3.8) is 0 Å². The van der Waals surface area contributed by atoms with Crippen LogP contribution < -0.4 is 10.1 Å². The van der Waals surface area contributed by atoms with Crippen molar-refractivity contribution >= 4 is 33.4 Å². The maximum absolute atomic E-state index is 12.3. The molecule has 0 heterocycles. The van der Waals surface area contributed by atoms with Crippen LogP contribution in [0.15, 0.2) is 22.7 Å². The molecule has 1 aliphatic rings. The monoisotopic (exact) mass is 345 g/mol. The Labute approximate surface area is 126 Å². The highest BCUT2D eigenvalue weighted by atomic mass is 79.9. The number of rotatable bonds is 3. The molecule has 0 spiro atoms. The van der Waals surface area contributed by atoms with Crippen LogP contribution in [-0.4, -0.2) is 24.4 Å². The Hall–Kier alpha value is -0.740. The third-order valence-corrected chi connectivity index (χ3v) is 4.54. The van der Waals surface area contributed by atoms with Gasteiger partial charge in [0.25, 0.3) is 5.91 Å². The van der Waals surface area contributed by atoms with Gasteiger partial charge in [0.2, 0.25) is 0 Å². The normalized spacial score (nSPS) is 22.9. The molecule has 104 valence electrons. The van der Waals surface area contributed by atoms with Gasteiger partial charge in [0.05, 0.1) is 12.7 Å². The largest absolute Gasteiger partial charge is 0.497 e. The molecule has 3 nitrogen and oxygen atoms in total. The number of amides is 1. The van der Waals surface area contributed by atoms with E-state index in [1.807, 2.05) is 12.1 Å². The topological polar surface area (TPSA) is 38.3 Å². The number of nitrogens with one attached hydrogen (secondary N) is 1.